The molecule has 0 saturated heterocycles. The van der Waals surface area contributed by atoms with E-state index in [9.17, 15) is 5.11 Å². The average Bonchev–Trinajstić information content (AvgIpc) is 2.63. The van der Waals surface area contributed by atoms with E-state index < -0.39 is 0 Å². The molecule has 1 heterocycles. The van der Waals surface area contributed by atoms with Crippen LogP contribution in [-0.2, 0) is 19.8 Å². The van der Waals surface area contributed by atoms with Crippen molar-refractivity contribution in [3.8, 4) is 0 Å². The van der Waals surface area contributed by atoms with Gasteiger partial charge in [0.25, 0.3) is 0 Å². The van der Waals surface area contributed by atoms with Crippen LogP contribution in [0.15, 0.2) is 0 Å². The van der Waals surface area contributed by atoms with Crippen LogP contribution in [0, 0.1) is 10.7 Å². The molecule has 1 aliphatic rings. The normalized spacial score (nSPS) is 16.0. The van der Waals surface area contributed by atoms with Crippen LogP contribution in [0.25, 0.3) is 0 Å². The van der Waals surface area contributed by atoms with E-state index in [1.165, 1.54) is 19.3 Å². The second-order valence-electron chi connectivity index (χ2n) is 5.49. The molecule has 2 rings (SSSR count). The summed E-state index contributed by atoms with van der Waals surface area (Å²) in [4.78, 5) is 2.27. The van der Waals surface area contributed by atoms with E-state index in [1.807, 2.05) is 9.25 Å². The van der Waals surface area contributed by atoms with Gasteiger partial charge in [0.05, 0.1) is 6.67 Å². The van der Waals surface area contributed by atoms with Gasteiger partial charge >= 0.3 is 0 Å². The second kappa shape index (κ2) is 6.63. The fourth-order valence-electron chi connectivity index (χ4n) is 2.55. The molecular weight excluding hydrogens is 260 g/mol. The Hall–Kier alpha value is -0.720. The van der Waals surface area contributed by atoms with E-state index in [0.29, 0.717) is 17.3 Å². The standard InChI is InChI=1S/C13H24N4OS/c1-3-7-16-12(9-18)14-17(13(16)19)10-15(2)8-11-5-4-6-11/h11,18H,3-10H2,1-2H3. The minimum absolute atomic E-state index is 0.0526. The maximum absolute atomic E-state index is 9.35. The Morgan fingerprint density at radius 3 is 2.74 bits per heavy atom. The van der Waals surface area contributed by atoms with Crippen molar-refractivity contribution >= 4 is 12.2 Å². The van der Waals surface area contributed by atoms with Gasteiger partial charge in [-0.15, -0.1) is 0 Å². The first kappa shape index (κ1) is 14.7. The molecule has 1 aromatic heterocycles. The van der Waals surface area contributed by atoms with Gasteiger partial charge in [0, 0.05) is 13.1 Å². The lowest BCUT2D eigenvalue weighted by molar-refractivity contribution is 0.167. The first-order valence-electron chi connectivity index (χ1n) is 7.11. The van der Waals surface area contributed by atoms with Crippen LogP contribution in [0.5, 0.6) is 0 Å². The van der Waals surface area contributed by atoms with Crippen molar-refractivity contribution in [1.82, 2.24) is 19.2 Å². The smallest absolute Gasteiger partial charge is 0.199 e. The number of aliphatic hydroxyl groups is 1. The van der Waals surface area contributed by atoms with E-state index in [-0.39, 0.29) is 6.61 Å². The summed E-state index contributed by atoms with van der Waals surface area (Å²) in [6.07, 6.45) is 5.06. The number of aromatic nitrogens is 3. The van der Waals surface area contributed by atoms with Crippen molar-refractivity contribution in [1.29, 1.82) is 0 Å². The summed E-state index contributed by atoms with van der Waals surface area (Å²) < 4.78 is 4.48. The van der Waals surface area contributed by atoms with E-state index in [2.05, 4.69) is 24.0 Å². The first-order valence-corrected chi connectivity index (χ1v) is 7.52. The van der Waals surface area contributed by atoms with Crippen molar-refractivity contribution in [2.75, 3.05) is 13.6 Å². The van der Waals surface area contributed by atoms with Crippen LogP contribution >= 0.6 is 12.2 Å². The number of hydrogen-bond acceptors (Lipinski definition) is 4. The van der Waals surface area contributed by atoms with Crippen LogP contribution < -0.4 is 0 Å². The molecular formula is C13H24N4OS. The van der Waals surface area contributed by atoms with E-state index in [0.717, 1.165) is 25.4 Å². The molecule has 1 N–H and O–H groups in total. The Balaban J connectivity index is 2.04. The van der Waals surface area contributed by atoms with Gasteiger partial charge in [0.15, 0.2) is 10.6 Å². The Kier molecular flexibility index (Phi) is 5.13. The lowest BCUT2D eigenvalue weighted by Gasteiger charge is -2.29. The zero-order valence-electron chi connectivity index (χ0n) is 11.9. The minimum Gasteiger partial charge on any atom is -0.388 e. The summed E-state index contributed by atoms with van der Waals surface area (Å²) in [7, 11) is 2.11. The zero-order chi connectivity index (χ0) is 13.8. The molecule has 0 bridgehead atoms. The number of aliphatic hydroxyl groups excluding tert-OH is 1. The zero-order valence-corrected chi connectivity index (χ0v) is 12.7. The molecule has 0 atom stereocenters. The third-order valence-corrected chi connectivity index (χ3v) is 4.19. The highest BCUT2D eigenvalue weighted by Crippen LogP contribution is 2.26. The molecule has 19 heavy (non-hydrogen) atoms. The summed E-state index contributed by atoms with van der Waals surface area (Å²) in [5, 5.41) is 13.8. The third-order valence-electron chi connectivity index (χ3n) is 3.76. The Morgan fingerprint density at radius 2 is 2.21 bits per heavy atom. The lowest BCUT2D eigenvalue weighted by Crippen LogP contribution is -2.31. The summed E-state index contributed by atoms with van der Waals surface area (Å²) in [6, 6.07) is 0. The van der Waals surface area contributed by atoms with E-state index >= 15 is 0 Å². The number of hydrogen-bond donors (Lipinski definition) is 1. The molecule has 0 aromatic carbocycles. The van der Waals surface area contributed by atoms with Crippen LogP contribution in [0.4, 0.5) is 0 Å². The maximum Gasteiger partial charge on any atom is 0.199 e. The van der Waals surface area contributed by atoms with Gasteiger partial charge in [-0.1, -0.05) is 13.3 Å². The van der Waals surface area contributed by atoms with Crippen LogP contribution in [0.1, 0.15) is 38.4 Å². The molecule has 0 radical (unpaired) electrons. The predicted molar refractivity (Wildman–Crippen MR) is 77.2 cm³/mol. The first-order chi connectivity index (χ1) is 9.15. The van der Waals surface area contributed by atoms with Gasteiger partial charge in [-0.25, -0.2) is 4.68 Å². The van der Waals surface area contributed by atoms with Crippen molar-refractivity contribution in [3.05, 3.63) is 10.6 Å². The van der Waals surface area contributed by atoms with E-state index in [4.69, 9.17) is 12.2 Å². The third kappa shape index (κ3) is 3.43. The number of nitrogens with zero attached hydrogens (tertiary/aromatic N) is 4. The van der Waals surface area contributed by atoms with Crippen LogP contribution in [0.2, 0.25) is 0 Å². The quantitative estimate of drug-likeness (QED) is 0.778. The van der Waals surface area contributed by atoms with Gasteiger partial charge in [0.2, 0.25) is 0 Å². The van der Waals surface area contributed by atoms with Crippen LogP contribution in [-0.4, -0.2) is 37.9 Å². The average molecular weight is 284 g/mol. The van der Waals surface area contributed by atoms with E-state index in [1.54, 1.807) is 0 Å². The Morgan fingerprint density at radius 1 is 1.47 bits per heavy atom. The summed E-state index contributed by atoms with van der Waals surface area (Å²) in [5.74, 6) is 1.51. The Labute approximate surface area is 119 Å². The molecule has 1 aliphatic carbocycles. The molecule has 108 valence electrons. The van der Waals surface area contributed by atoms with Gasteiger partial charge in [0.1, 0.15) is 6.61 Å². The topological polar surface area (TPSA) is 46.2 Å². The molecule has 5 nitrogen and oxygen atoms in total. The Bertz CT molecular complexity index is 464. The van der Waals surface area contributed by atoms with Crippen molar-refractivity contribution in [2.24, 2.45) is 5.92 Å². The molecule has 0 unspecified atom stereocenters. The van der Waals surface area contributed by atoms with Crippen molar-refractivity contribution in [2.45, 2.75) is 52.4 Å². The van der Waals surface area contributed by atoms with Gasteiger partial charge in [-0.2, -0.15) is 5.10 Å². The summed E-state index contributed by atoms with van der Waals surface area (Å²) >= 11 is 5.44. The fraction of sp³-hybridized carbons (Fsp3) is 0.846. The molecule has 6 heteroatoms. The summed E-state index contributed by atoms with van der Waals surface area (Å²) in [5.41, 5.74) is 0. The summed E-state index contributed by atoms with van der Waals surface area (Å²) in [6.45, 7) is 4.68. The molecule has 1 aromatic rings. The SMILES string of the molecule is CCCn1c(CO)nn(CN(C)CC2CCC2)c1=S. The molecule has 1 saturated carbocycles. The highest BCUT2D eigenvalue weighted by Gasteiger charge is 2.19. The molecule has 1 fully saturated rings. The van der Waals surface area contributed by atoms with Crippen molar-refractivity contribution < 1.29 is 5.11 Å². The second-order valence-corrected chi connectivity index (χ2v) is 5.85. The van der Waals surface area contributed by atoms with Gasteiger partial charge in [-0.3, -0.25) is 4.90 Å². The molecule has 0 amide bonds. The highest BCUT2D eigenvalue weighted by atomic mass is 32.1. The van der Waals surface area contributed by atoms with Crippen LogP contribution in [0.3, 0.4) is 0 Å². The van der Waals surface area contributed by atoms with Crippen molar-refractivity contribution in [3.63, 3.8) is 0 Å². The number of rotatable bonds is 7. The van der Waals surface area contributed by atoms with Gasteiger partial charge in [-0.05, 0) is 44.4 Å². The highest BCUT2D eigenvalue weighted by molar-refractivity contribution is 7.71. The fourth-order valence-corrected chi connectivity index (χ4v) is 2.84. The minimum atomic E-state index is -0.0526. The predicted octanol–water partition coefficient (Wildman–Crippen LogP) is 2.01. The van der Waals surface area contributed by atoms with Gasteiger partial charge < -0.3 is 9.67 Å². The molecule has 0 spiro atoms. The monoisotopic (exact) mass is 284 g/mol. The largest absolute Gasteiger partial charge is 0.388 e. The lowest BCUT2D eigenvalue weighted by atomic mass is 9.85. The maximum atomic E-state index is 9.35. The molecule has 0 aliphatic heterocycles.